The van der Waals surface area contributed by atoms with Crippen molar-refractivity contribution in [2.75, 3.05) is 0 Å². The molecule has 0 saturated carbocycles. The van der Waals surface area contributed by atoms with Crippen molar-refractivity contribution in [3.05, 3.63) is 60.0 Å². The predicted octanol–water partition coefficient (Wildman–Crippen LogP) is 3.09. The first-order valence-corrected chi connectivity index (χ1v) is 6.72. The van der Waals surface area contributed by atoms with Crippen LogP contribution in [0.25, 0.3) is 10.9 Å². The van der Waals surface area contributed by atoms with Crippen LogP contribution in [0.1, 0.15) is 37.1 Å². The fraction of sp³-hybridized carbons (Fsp3) is 0.250. The summed E-state index contributed by atoms with van der Waals surface area (Å²) in [5, 5.41) is 15.9. The first-order valence-electron chi connectivity index (χ1n) is 6.72. The van der Waals surface area contributed by atoms with E-state index in [2.05, 4.69) is 23.9 Å². The molecule has 1 N–H and O–H groups in total. The highest BCUT2D eigenvalue weighted by Crippen LogP contribution is 2.28. The normalized spacial score (nSPS) is 13.0. The van der Waals surface area contributed by atoms with Crippen molar-refractivity contribution in [3.63, 3.8) is 0 Å². The number of hydrogen-bond donors (Lipinski definition) is 1. The van der Waals surface area contributed by atoms with Crippen molar-refractivity contribution in [2.24, 2.45) is 0 Å². The number of aromatic nitrogens is 3. The predicted molar refractivity (Wildman–Crippen MR) is 78.4 cm³/mol. The van der Waals surface area contributed by atoms with Gasteiger partial charge in [0.15, 0.2) is 0 Å². The Morgan fingerprint density at radius 2 is 2.00 bits per heavy atom. The van der Waals surface area contributed by atoms with Crippen molar-refractivity contribution in [3.8, 4) is 0 Å². The van der Waals surface area contributed by atoms with E-state index in [1.54, 1.807) is 12.4 Å². The second kappa shape index (κ2) is 5.06. The Hall–Kier alpha value is -2.20. The zero-order chi connectivity index (χ0) is 14.1. The highest BCUT2D eigenvalue weighted by Gasteiger charge is 2.16. The lowest BCUT2D eigenvalue weighted by atomic mass is 10.00. The van der Waals surface area contributed by atoms with Gasteiger partial charge in [-0.15, -0.1) is 0 Å². The number of aliphatic hydroxyl groups excluding tert-OH is 1. The standard InChI is InChI=1S/C16H17N3O/c1-11(2)19-10-12(9-18-19)16(20)14-5-3-7-15-13(14)6-4-8-17-15/h3-11,16,20H,1-2H3. The van der Waals surface area contributed by atoms with Gasteiger partial charge in [-0.2, -0.15) is 5.10 Å². The van der Waals surface area contributed by atoms with Gasteiger partial charge in [-0.3, -0.25) is 9.67 Å². The molecular formula is C16H17N3O. The minimum atomic E-state index is -0.685. The maximum atomic E-state index is 10.6. The summed E-state index contributed by atoms with van der Waals surface area (Å²) in [6.45, 7) is 4.12. The van der Waals surface area contributed by atoms with E-state index in [0.29, 0.717) is 0 Å². The maximum Gasteiger partial charge on any atom is 0.108 e. The summed E-state index contributed by atoms with van der Waals surface area (Å²) in [6.07, 6.45) is 4.69. The van der Waals surface area contributed by atoms with E-state index in [0.717, 1.165) is 22.0 Å². The van der Waals surface area contributed by atoms with Crippen LogP contribution >= 0.6 is 0 Å². The molecule has 1 aromatic carbocycles. The number of rotatable bonds is 3. The second-order valence-corrected chi connectivity index (χ2v) is 5.17. The molecule has 0 fully saturated rings. The highest BCUT2D eigenvalue weighted by atomic mass is 16.3. The molecule has 102 valence electrons. The number of pyridine rings is 1. The molecule has 2 heterocycles. The van der Waals surface area contributed by atoms with Crippen molar-refractivity contribution < 1.29 is 5.11 Å². The molecule has 1 atom stereocenters. The van der Waals surface area contributed by atoms with E-state index >= 15 is 0 Å². The van der Waals surface area contributed by atoms with Crippen molar-refractivity contribution in [1.29, 1.82) is 0 Å². The Labute approximate surface area is 117 Å². The van der Waals surface area contributed by atoms with Crippen LogP contribution in [0.15, 0.2) is 48.9 Å². The molecule has 4 heteroatoms. The van der Waals surface area contributed by atoms with Crippen LogP contribution in [-0.2, 0) is 0 Å². The third-order valence-corrected chi connectivity index (χ3v) is 3.44. The summed E-state index contributed by atoms with van der Waals surface area (Å²) >= 11 is 0. The molecule has 0 aliphatic carbocycles. The number of benzene rings is 1. The van der Waals surface area contributed by atoms with Gasteiger partial charge < -0.3 is 5.11 Å². The molecule has 20 heavy (non-hydrogen) atoms. The maximum absolute atomic E-state index is 10.6. The number of nitrogens with zero attached hydrogens (tertiary/aromatic N) is 3. The van der Waals surface area contributed by atoms with Gasteiger partial charge in [0.1, 0.15) is 6.10 Å². The van der Waals surface area contributed by atoms with Crippen LogP contribution in [0.5, 0.6) is 0 Å². The molecule has 3 rings (SSSR count). The SMILES string of the molecule is CC(C)n1cc(C(O)c2cccc3ncccc23)cn1. The van der Waals surface area contributed by atoms with Crippen LogP contribution in [0.2, 0.25) is 0 Å². The molecule has 0 spiro atoms. The molecule has 0 aliphatic rings. The average molecular weight is 267 g/mol. The molecule has 0 saturated heterocycles. The molecule has 0 radical (unpaired) electrons. The Morgan fingerprint density at radius 3 is 2.75 bits per heavy atom. The topological polar surface area (TPSA) is 50.9 Å². The summed E-state index contributed by atoms with van der Waals surface area (Å²) in [4.78, 5) is 4.32. The number of aliphatic hydroxyl groups is 1. The van der Waals surface area contributed by atoms with Gasteiger partial charge in [-0.1, -0.05) is 18.2 Å². The Morgan fingerprint density at radius 1 is 1.15 bits per heavy atom. The molecule has 2 aromatic heterocycles. The average Bonchev–Trinajstić information content (AvgIpc) is 2.96. The molecule has 0 aliphatic heterocycles. The summed E-state index contributed by atoms with van der Waals surface area (Å²) in [5.74, 6) is 0. The molecular weight excluding hydrogens is 250 g/mol. The quantitative estimate of drug-likeness (QED) is 0.793. The number of hydrogen-bond acceptors (Lipinski definition) is 3. The minimum absolute atomic E-state index is 0.283. The van der Waals surface area contributed by atoms with Crippen LogP contribution in [0, 0.1) is 0 Å². The molecule has 3 aromatic rings. The zero-order valence-electron chi connectivity index (χ0n) is 11.6. The summed E-state index contributed by atoms with van der Waals surface area (Å²) in [5.41, 5.74) is 2.55. The Balaban J connectivity index is 2.05. The van der Waals surface area contributed by atoms with Gasteiger partial charge in [0, 0.05) is 29.4 Å². The van der Waals surface area contributed by atoms with Crippen molar-refractivity contribution in [1.82, 2.24) is 14.8 Å². The van der Waals surface area contributed by atoms with E-state index in [9.17, 15) is 5.11 Å². The van der Waals surface area contributed by atoms with Gasteiger partial charge in [-0.25, -0.2) is 0 Å². The lowest BCUT2D eigenvalue weighted by Crippen LogP contribution is -2.02. The zero-order valence-corrected chi connectivity index (χ0v) is 11.6. The van der Waals surface area contributed by atoms with Gasteiger partial charge in [0.05, 0.1) is 11.7 Å². The first-order chi connectivity index (χ1) is 9.66. The smallest absolute Gasteiger partial charge is 0.108 e. The third kappa shape index (κ3) is 2.18. The van der Waals surface area contributed by atoms with Crippen LogP contribution in [-0.4, -0.2) is 19.9 Å². The largest absolute Gasteiger partial charge is 0.384 e. The van der Waals surface area contributed by atoms with Crippen molar-refractivity contribution in [2.45, 2.75) is 26.0 Å². The molecule has 0 bridgehead atoms. The third-order valence-electron chi connectivity index (χ3n) is 3.44. The van der Waals surface area contributed by atoms with E-state index in [4.69, 9.17) is 0 Å². The van der Waals surface area contributed by atoms with E-state index in [-0.39, 0.29) is 6.04 Å². The van der Waals surface area contributed by atoms with E-state index < -0.39 is 6.10 Å². The first kappa shape index (κ1) is 12.8. The van der Waals surface area contributed by atoms with Gasteiger partial charge in [0.2, 0.25) is 0 Å². The molecule has 1 unspecified atom stereocenters. The van der Waals surface area contributed by atoms with Crippen LogP contribution in [0.3, 0.4) is 0 Å². The summed E-state index contributed by atoms with van der Waals surface area (Å²) in [7, 11) is 0. The van der Waals surface area contributed by atoms with Gasteiger partial charge in [-0.05, 0) is 31.5 Å². The van der Waals surface area contributed by atoms with Crippen LogP contribution < -0.4 is 0 Å². The fourth-order valence-corrected chi connectivity index (χ4v) is 2.32. The summed E-state index contributed by atoms with van der Waals surface area (Å²) < 4.78 is 1.85. The van der Waals surface area contributed by atoms with Gasteiger partial charge >= 0.3 is 0 Å². The second-order valence-electron chi connectivity index (χ2n) is 5.17. The van der Waals surface area contributed by atoms with Crippen LogP contribution in [0.4, 0.5) is 0 Å². The van der Waals surface area contributed by atoms with Gasteiger partial charge in [0.25, 0.3) is 0 Å². The Kier molecular flexibility index (Phi) is 3.24. The van der Waals surface area contributed by atoms with E-state index in [1.807, 2.05) is 41.2 Å². The monoisotopic (exact) mass is 267 g/mol. The molecule has 0 amide bonds. The summed E-state index contributed by atoms with van der Waals surface area (Å²) in [6, 6.07) is 9.94. The minimum Gasteiger partial charge on any atom is -0.384 e. The lowest BCUT2D eigenvalue weighted by Gasteiger charge is -2.12. The number of fused-ring (bicyclic) bond motifs is 1. The van der Waals surface area contributed by atoms with E-state index in [1.165, 1.54) is 0 Å². The lowest BCUT2D eigenvalue weighted by molar-refractivity contribution is 0.221. The molecule has 4 nitrogen and oxygen atoms in total. The fourth-order valence-electron chi connectivity index (χ4n) is 2.32. The highest BCUT2D eigenvalue weighted by molar-refractivity contribution is 5.82. The van der Waals surface area contributed by atoms with Crippen molar-refractivity contribution >= 4 is 10.9 Å². The Bertz CT molecular complexity index is 728.